The number of nitrogens with zero attached hydrogens (tertiary/aromatic N) is 2. The fourth-order valence-electron chi connectivity index (χ4n) is 3.66. The third-order valence-electron chi connectivity index (χ3n) is 5.41. The molecule has 0 saturated carbocycles. The quantitative estimate of drug-likeness (QED) is 0.251. The molecule has 33 heavy (non-hydrogen) atoms. The minimum Gasteiger partial charge on any atom is -0.497 e. The summed E-state index contributed by atoms with van der Waals surface area (Å²) in [6, 6.07) is 20.4. The Kier molecular flexibility index (Phi) is 7.53. The van der Waals surface area contributed by atoms with Gasteiger partial charge in [-0.3, -0.25) is 9.36 Å². The number of ether oxygens (including phenoxy) is 2. The molecule has 1 aromatic heterocycles. The minimum absolute atomic E-state index is 0.0339. The van der Waals surface area contributed by atoms with Crippen LogP contribution in [0.2, 0.25) is 10.0 Å². The average molecular weight is 483 g/mol. The van der Waals surface area contributed by atoms with Crippen LogP contribution in [0, 0.1) is 0 Å². The first-order valence-electron chi connectivity index (χ1n) is 10.8. The molecular weight excluding hydrogens is 459 g/mol. The van der Waals surface area contributed by atoms with E-state index in [0.29, 0.717) is 45.7 Å². The predicted molar refractivity (Wildman–Crippen MR) is 134 cm³/mol. The molecule has 3 aromatic carbocycles. The number of para-hydroxylation sites is 1. The van der Waals surface area contributed by atoms with E-state index in [9.17, 15) is 4.79 Å². The molecule has 0 aliphatic heterocycles. The predicted octanol–water partition coefficient (Wildman–Crippen LogP) is 6.63. The van der Waals surface area contributed by atoms with Crippen molar-refractivity contribution < 1.29 is 9.47 Å². The molecule has 0 aliphatic carbocycles. The first-order valence-corrected chi connectivity index (χ1v) is 11.5. The Morgan fingerprint density at radius 3 is 2.48 bits per heavy atom. The van der Waals surface area contributed by atoms with Gasteiger partial charge in [0, 0.05) is 12.1 Å². The first-order chi connectivity index (χ1) is 16.1. The number of halogens is 2. The van der Waals surface area contributed by atoms with Gasteiger partial charge in [-0.15, -0.1) is 0 Å². The largest absolute Gasteiger partial charge is 0.497 e. The number of benzene rings is 3. The number of hydrogen-bond donors (Lipinski definition) is 0. The zero-order valence-corrected chi connectivity index (χ0v) is 19.8. The van der Waals surface area contributed by atoms with Crippen molar-refractivity contribution in [2.75, 3.05) is 13.7 Å². The van der Waals surface area contributed by atoms with Crippen LogP contribution in [0.25, 0.3) is 22.3 Å². The third kappa shape index (κ3) is 5.32. The maximum atomic E-state index is 13.3. The van der Waals surface area contributed by atoms with Crippen molar-refractivity contribution in [3.05, 3.63) is 87.1 Å². The fourth-order valence-corrected chi connectivity index (χ4v) is 4.01. The molecular formula is C26H24Cl2N2O3. The van der Waals surface area contributed by atoms with E-state index in [-0.39, 0.29) is 5.56 Å². The number of aromatic nitrogens is 2. The van der Waals surface area contributed by atoms with E-state index >= 15 is 0 Å². The summed E-state index contributed by atoms with van der Waals surface area (Å²) < 4.78 is 12.8. The summed E-state index contributed by atoms with van der Waals surface area (Å²) in [5, 5.41) is 1.52. The topological polar surface area (TPSA) is 53.3 Å². The molecule has 0 saturated heterocycles. The van der Waals surface area contributed by atoms with Gasteiger partial charge in [0.2, 0.25) is 0 Å². The van der Waals surface area contributed by atoms with Crippen LogP contribution in [-0.4, -0.2) is 23.3 Å². The highest BCUT2D eigenvalue weighted by atomic mass is 35.5. The summed E-state index contributed by atoms with van der Waals surface area (Å²) in [4.78, 5) is 18.1. The van der Waals surface area contributed by atoms with E-state index < -0.39 is 0 Å². The van der Waals surface area contributed by atoms with Crippen LogP contribution >= 0.6 is 23.2 Å². The Morgan fingerprint density at radius 1 is 0.909 bits per heavy atom. The smallest absolute Gasteiger partial charge is 0.261 e. The molecule has 0 aliphatic rings. The van der Waals surface area contributed by atoms with Gasteiger partial charge in [0.15, 0.2) is 0 Å². The maximum Gasteiger partial charge on any atom is 0.261 e. The highest BCUT2D eigenvalue weighted by Gasteiger charge is 2.13. The lowest BCUT2D eigenvalue weighted by molar-refractivity contribution is 0.304. The first kappa shape index (κ1) is 23.1. The molecule has 4 rings (SSSR count). The molecule has 0 N–H and O–H groups in total. The second-order valence-electron chi connectivity index (χ2n) is 7.60. The van der Waals surface area contributed by atoms with Gasteiger partial charge in [-0.1, -0.05) is 41.4 Å². The zero-order chi connectivity index (χ0) is 23.2. The lowest BCUT2D eigenvalue weighted by atomic mass is 10.1. The zero-order valence-electron chi connectivity index (χ0n) is 18.3. The highest BCUT2D eigenvalue weighted by Crippen LogP contribution is 2.31. The third-order valence-corrected chi connectivity index (χ3v) is 6.21. The van der Waals surface area contributed by atoms with E-state index in [1.54, 1.807) is 23.8 Å². The Bertz CT molecular complexity index is 1300. The van der Waals surface area contributed by atoms with Crippen LogP contribution in [0.3, 0.4) is 0 Å². The van der Waals surface area contributed by atoms with E-state index in [1.165, 1.54) is 0 Å². The van der Waals surface area contributed by atoms with Gasteiger partial charge >= 0.3 is 0 Å². The van der Waals surface area contributed by atoms with Gasteiger partial charge in [0.1, 0.15) is 22.3 Å². The average Bonchev–Trinajstić information content (AvgIpc) is 2.85. The maximum absolute atomic E-state index is 13.3. The van der Waals surface area contributed by atoms with Crippen molar-refractivity contribution in [3.63, 3.8) is 0 Å². The summed E-state index contributed by atoms with van der Waals surface area (Å²) >= 11 is 12.2. The van der Waals surface area contributed by atoms with E-state index in [4.69, 9.17) is 37.7 Å². The second-order valence-corrected chi connectivity index (χ2v) is 8.38. The monoisotopic (exact) mass is 482 g/mol. The normalized spacial score (nSPS) is 11.0. The molecule has 0 radical (unpaired) electrons. The molecule has 7 heteroatoms. The molecule has 0 bridgehead atoms. The van der Waals surface area contributed by atoms with Crippen molar-refractivity contribution in [2.45, 2.75) is 25.8 Å². The SMILES string of the molecule is COc1ccc(-c2nc3ccccc3c(=O)n2CCCCCOc2cccc(Cl)c2Cl)cc1. The van der Waals surface area contributed by atoms with Crippen LogP contribution in [0.1, 0.15) is 19.3 Å². The molecule has 0 atom stereocenters. The van der Waals surface area contributed by atoms with E-state index in [0.717, 1.165) is 30.6 Å². The lowest BCUT2D eigenvalue weighted by Gasteiger charge is -2.14. The molecule has 1 heterocycles. The minimum atomic E-state index is -0.0339. The van der Waals surface area contributed by atoms with E-state index in [1.807, 2.05) is 54.6 Å². The molecule has 0 unspecified atom stereocenters. The number of hydrogen-bond acceptors (Lipinski definition) is 4. The van der Waals surface area contributed by atoms with Gasteiger partial charge in [-0.25, -0.2) is 4.98 Å². The van der Waals surface area contributed by atoms with Crippen LogP contribution < -0.4 is 15.0 Å². The highest BCUT2D eigenvalue weighted by molar-refractivity contribution is 6.42. The number of fused-ring (bicyclic) bond motifs is 1. The molecule has 170 valence electrons. The van der Waals surface area contributed by atoms with Crippen LogP contribution in [0.15, 0.2) is 71.5 Å². The summed E-state index contributed by atoms with van der Waals surface area (Å²) in [7, 11) is 1.63. The second kappa shape index (κ2) is 10.7. The van der Waals surface area contributed by atoms with Gasteiger partial charge in [0.25, 0.3) is 5.56 Å². The van der Waals surface area contributed by atoms with E-state index in [2.05, 4.69) is 0 Å². The Morgan fingerprint density at radius 2 is 1.70 bits per heavy atom. The molecule has 5 nitrogen and oxygen atoms in total. The van der Waals surface area contributed by atoms with Crippen molar-refractivity contribution in [1.82, 2.24) is 9.55 Å². The fraction of sp³-hybridized carbons (Fsp3) is 0.231. The van der Waals surface area contributed by atoms with Crippen LogP contribution in [-0.2, 0) is 6.54 Å². The van der Waals surface area contributed by atoms with Crippen molar-refractivity contribution in [3.8, 4) is 22.9 Å². The molecule has 0 fully saturated rings. The Balaban J connectivity index is 1.47. The van der Waals surface area contributed by atoms with Gasteiger partial charge in [-0.2, -0.15) is 0 Å². The van der Waals surface area contributed by atoms with Crippen LogP contribution in [0.5, 0.6) is 11.5 Å². The van der Waals surface area contributed by atoms with Gasteiger partial charge in [-0.05, 0) is 67.8 Å². The van der Waals surface area contributed by atoms with Gasteiger partial charge in [0.05, 0.1) is 29.6 Å². The molecule has 0 amide bonds. The summed E-state index contributed by atoms with van der Waals surface area (Å²) in [6.07, 6.45) is 2.53. The number of methoxy groups -OCH3 is 1. The van der Waals surface area contributed by atoms with Gasteiger partial charge < -0.3 is 9.47 Å². The summed E-state index contributed by atoms with van der Waals surface area (Å²) in [5.74, 6) is 2.00. The number of rotatable bonds is 9. The van der Waals surface area contributed by atoms with Crippen molar-refractivity contribution >= 4 is 34.1 Å². The lowest BCUT2D eigenvalue weighted by Crippen LogP contribution is -2.23. The Labute approximate surface area is 202 Å². The summed E-state index contributed by atoms with van der Waals surface area (Å²) in [6.45, 7) is 1.09. The van der Waals surface area contributed by atoms with Crippen molar-refractivity contribution in [2.24, 2.45) is 0 Å². The molecule has 4 aromatic rings. The number of unbranched alkanes of at least 4 members (excludes halogenated alkanes) is 2. The summed E-state index contributed by atoms with van der Waals surface area (Å²) in [5.41, 5.74) is 1.53. The molecule has 0 spiro atoms. The van der Waals surface area contributed by atoms with Crippen molar-refractivity contribution in [1.29, 1.82) is 0 Å². The van der Waals surface area contributed by atoms with Crippen LogP contribution in [0.4, 0.5) is 0 Å². The Hall–Kier alpha value is -3.02. The standard InChI is InChI=1S/C26H24Cl2N2O3/c1-32-19-14-12-18(13-15-19)25-29-22-10-4-3-8-20(22)26(31)30(25)16-5-2-6-17-33-23-11-7-9-21(27)24(23)28/h3-4,7-15H,2,5-6,16-17H2,1H3.